The maximum atomic E-state index is 12.1. The number of nitriles is 1. The molecule has 1 aliphatic rings. The molecule has 152 valence electrons. The third kappa shape index (κ3) is 3.23. The summed E-state index contributed by atoms with van der Waals surface area (Å²) in [5.41, 5.74) is 12.6. The summed E-state index contributed by atoms with van der Waals surface area (Å²) < 4.78 is 0. The van der Waals surface area contributed by atoms with Gasteiger partial charge in [0.1, 0.15) is 11.2 Å². The molecule has 8 heteroatoms. The van der Waals surface area contributed by atoms with Crippen LogP contribution in [0.4, 0.5) is 5.82 Å². The molecule has 0 radical (unpaired) electrons. The minimum atomic E-state index is -1.05. The maximum absolute atomic E-state index is 12.1. The summed E-state index contributed by atoms with van der Waals surface area (Å²) in [5.74, 6) is -0.737. The fourth-order valence-electron chi connectivity index (χ4n) is 3.93. The third-order valence-corrected chi connectivity index (χ3v) is 5.57. The number of nitrogens with zero attached hydrogens (tertiary/aromatic N) is 4. The summed E-state index contributed by atoms with van der Waals surface area (Å²) >= 11 is 0. The van der Waals surface area contributed by atoms with E-state index in [9.17, 15) is 15.2 Å². The minimum Gasteiger partial charge on any atom is -0.390 e. The molecule has 0 aromatic carbocycles. The Labute approximate surface area is 173 Å². The minimum absolute atomic E-state index is 0.292. The first-order valence-electron chi connectivity index (χ1n) is 9.57. The Hall–Kier alpha value is -3.57. The number of aromatic nitrogens is 3. The second-order valence-electron chi connectivity index (χ2n) is 8.43. The number of rotatable bonds is 5. The molecule has 1 saturated carbocycles. The first-order chi connectivity index (χ1) is 14.2. The molecule has 1 amide bonds. The van der Waals surface area contributed by atoms with Crippen molar-refractivity contribution in [3.63, 3.8) is 0 Å². The standard InChI is InChI=1S/C22H22N6O2/c1-21(2,30)7-12-3-4-26-10-15(12)17-5-13-6-18(27-11-16(13)19(24)28-17)22(20(25)29)8-14(22)9-23/h3-6,10-11,14,30H,7-8H2,1-2H3,(H2,24,28)(H2,25,29). The van der Waals surface area contributed by atoms with E-state index >= 15 is 0 Å². The van der Waals surface area contributed by atoms with E-state index < -0.39 is 22.8 Å². The van der Waals surface area contributed by atoms with E-state index in [2.05, 4.69) is 21.0 Å². The van der Waals surface area contributed by atoms with E-state index in [1.165, 1.54) is 0 Å². The SMILES string of the molecule is CC(C)(O)Cc1ccncc1-c1cc2cc(C3(C(N)=O)CC3C#N)ncc2c(N)n1. The Morgan fingerprint density at radius 3 is 2.80 bits per heavy atom. The van der Waals surface area contributed by atoms with Crippen LogP contribution in [-0.4, -0.2) is 31.6 Å². The highest BCUT2D eigenvalue weighted by Crippen LogP contribution is 2.53. The lowest BCUT2D eigenvalue weighted by Gasteiger charge is -2.19. The molecular formula is C22H22N6O2. The number of pyridine rings is 3. The van der Waals surface area contributed by atoms with Crippen molar-refractivity contribution in [2.24, 2.45) is 11.7 Å². The molecule has 3 heterocycles. The van der Waals surface area contributed by atoms with Gasteiger partial charge in [-0.2, -0.15) is 5.26 Å². The molecule has 0 spiro atoms. The fraction of sp³-hybridized carbons (Fsp3) is 0.318. The first-order valence-corrected chi connectivity index (χ1v) is 9.57. The Kier molecular flexibility index (Phi) is 4.44. The van der Waals surface area contributed by atoms with Gasteiger partial charge in [0.2, 0.25) is 5.91 Å². The molecule has 8 nitrogen and oxygen atoms in total. The second-order valence-corrected chi connectivity index (χ2v) is 8.43. The van der Waals surface area contributed by atoms with Crippen molar-refractivity contribution in [1.82, 2.24) is 15.0 Å². The summed E-state index contributed by atoms with van der Waals surface area (Å²) in [6.07, 6.45) is 5.70. The quantitative estimate of drug-likeness (QED) is 0.589. The lowest BCUT2D eigenvalue weighted by molar-refractivity contribution is -0.120. The molecular weight excluding hydrogens is 380 g/mol. The number of nitrogens with two attached hydrogens (primary N) is 2. The number of aliphatic hydroxyl groups is 1. The van der Waals surface area contributed by atoms with E-state index in [1.807, 2.05) is 12.1 Å². The van der Waals surface area contributed by atoms with Gasteiger partial charge in [-0.25, -0.2) is 4.98 Å². The van der Waals surface area contributed by atoms with Gasteiger partial charge >= 0.3 is 0 Å². The zero-order valence-corrected chi connectivity index (χ0v) is 16.8. The lowest BCUT2D eigenvalue weighted by Crippen LogP contribution is -2.31. The summed E-state index contributed by atoms with van der Waals surface area (Å²) in [5, 5.41) is 20.9. The largest absolute Gasteiger partial charge is 0.390 e. The van der Waals surface area contributed by atoms with E-state index in [0.717, 1.165) is 16.5 Å². The Morgan fingerprint density at radius 1 is 1.40 bits per heavy atom. The summed E-state index contributed by atoms with van der Waals surface area (Å²) in [7, 11) is 0. The average Bonchev–Trinajstić information content (AvgIpc) is 3.43. The molecule has 0 bridgehead atoms. The van der Waals surface area contributed by atoms with Crippen LogP contribution in [0, 0.1) is 17.2 Å². The van der Waals surface area contributed by atoms with Crippen LogP contribution in [0.15, 0.2) is 36.8 Å². The van der Waals surface area contributed by atoms with Crippen LogP contribution in [0.5, 0.6) is 0 Å². The van der Waals surface area contributed by atoms with Gasteiger partial charge in [0.05, 0.1) is 29.0 Å². The number of carbonyl (C=O) groups is 1. The van der Waals surface area contributed by atoms with Crippen LogP contribution < -0.4 is 11.5 Å². The molecule has 2 unspecified atom stereocenters. The maximum Gasteiger partial charge on any atom is 0.231 e. The van der Waals surface area contributed by atoms with E-state index in [4.69, 9.17) is 11.5 Å². The smallest absolute Gasteiger partial charge is 0.231 e. The molecule has 3 aromatic heterocycles. The average molecular weight is 402 g/mol. The number of carbonyl (C=O) groups excluding carboxylic acids is 1. The fourth-order valence-corrected chi connectivity index (χ4v) is 3.93. The van der Waals surface area contributed by atoms with Gasteiger partial charge in [0.15, 0.2) is 0 Å². The number of hydrogen-bond donors (Lipinski definition) is 3. The molecule has 2 atom stereocenters. The van der Waals surface area contributed by atoms with Gasteiger partial charge in [-0.1, -0.05) is 0 Å². The van der Waals surface area contributed by atoms with Crippen molar-refractivity contribution in [3.8, 4) is 17.3 Å². The predicted octanol–water partition coefficient (Wildman–Crippen LogP) is 1.85. The molecule has 4 rings (SSSR count). The van der Waals surface area contributed by atoms with Crippen LogP contribution in [-0.2, 0) is 16.6 Å². The number of anilines is 1. The Morgan fingerprint density at radius 2 is 2.17 bits per heavy atom. The number of fused-ring (bicyclic) bond motifs is 1. The van der Waals surface area contributed by atoms with Crippen LogP contribution in [0.1, 0.15) is 31.5 Å². The van der Waals surface area contributed by atoms with Crippen LogP contribution >= 0.6 is 0 Å². The van der Waals surface area contributed by atoms with Gasteiger partial charge in [0.25, 0.3) is 0 Å². The summed E-state index contributed by atoms with van der Waals surface area (Å²) in [6.45, 7) is 3.48. The molecule has 1 fully saturated rings. The topological polar surface area (TPSA) is 152 Å². The van der Waals surface area contributed by atoms with Gasteiger partial charge in [0, 0.05) is 36.0 Å². The Bertz CT molecular complexity index is 1210. The van der Waals surface area contributed by atoms with Crippen molar-refractivity contribution in [3.05, 3.63) is 48.0 Å². The van der Waals surface area contributed by atoms with Gasteiger partial charge in [-0.05, 0) is 49.4 Å². The normalized spacial score (nSPS) is 20.7. The van der Waals surface area contributed by atoms with E-state index in [1.54, 1.807) is 38.5 Å². The first kappa shape index (κ1) is 19.7. The van der Waals surface area contributed by atoms with Crippen molar-refractivity contribution in [1.29, 1.82) is 5.26 Å². The zero-order valence-electron chi connectivity index (χ0n) is 16.8. The van der Waals surface area contributed by atoms with Crippen molar-refractivity contribution < 1.29 is 9.90 Å². The van der Waals surface area contributed by atoms with Gasteiger partial charge in [-0.3, -0.25) is 14.8 Å². The second kappa shape index (κ2) is 6.75. The molecule has 1 aliphatic carbocycles. The van der Waals surface area contributed by atoms with Crippen molar-refractivity contribution >= 4 is 22.5 Å². The van der Waals surface area contributed by atoms with Crippen LogP contribution in [0.25, 0.3) is 22.0 Å². The molecule has 3 aromatic rings. The zero-order chi connectivity index (χ0) is 21.7. The number of hydrogen-bond acceptors (Lipinski definition) is 7. The molecule has 5 N–H and O–H groups in total. The van der Waals surface area contributed by atoms with E-state index in [0.29, 0.717) is 35.4 Å². The van der Waals surface area contributed by atoms with Crippen LogP contribution in [0.2, 0.25) is 0 Å². The van der Waals surface area contributed by atoms with Gasteiger partial charge < -0.3 is 16.6 Å². The molecule has 30 heavy (non-hydrogen) atoms. The molecule has 0 saturated heterocycles. The predicted molar refractivity (Wildman–Crippen MR) is 112 cm³/mol. The Balaban J connectivity index is 1.85. The molecule has 0 aliphatic heterocycles. The van der Waals surface area contributed by atoms with Crippen molar-refractivity contribution in [2.45, 2.75) is 37.7 Å². The lowest BCUT2D eigenvalue weighted by atomic mass is 9.93. The third-order valence-electron chi connectivity index (χ3n) is 5.57. The number of primary amides is 1. The highest BCUT2D eigenvalue weighted by molar-refractivity contribution is 5.96. The number of nitrogen functional groups attached to an aromatic ring is 1. The highest BCUT2D eigenvalue weighted by atomic mass is 16.3. The highest BCUT2D eigenvalue weighted by Gasteiger charge is 2.62. The van der Waals surface area contributed by atoms with Crippen LogP contribution in [0.3, 0.4) is 0 Å². The van der Waals surface area contributed by atoms with Crippen molar-refractivity contribution in [2.75, 3.05) is 5.73 Å². The monoisotopic (exact) mass is 402 g/mol. The van der Waals surface area contributed by atoms with Gasteiger partial charge in [-0.15, -0.1) is 0 Å². The number of amides is 1. The summed E-state index contributed by atoms with van der Waals surface area (Å²) in [6, 6.07) is 7.57. The van der Waals surface area contributed by atoms with E-state index in [-0.39, 0.29) is 0 Å². The summed E-state index contributed by atoms with van der Waals surface area (Å²) in [4.78, 5) is 25.2.